The molecule has 30 heavy (non-hydrogen) atoms. The summed E-state index contributed by atoms with van der Waals surface area (Å²) >= 11 is 0. The molecule has 0 N–H and O–H groups in total. The van der Waals surface area contributed by atoms with Crippen LogP contribution in [0.5, 0.6) is 0 Å². The molecule has 1 heterocycles. The van der Waals surface area contributed by atoms with Crippen molar-refractivity contribution in [1.82, 2.24) is 9.80 Å². The quantitative estimate of drug-likeness (QED) is 0.382. The topological polar surface area (TPSA) is 45.1 Å². The van der Waals surface area contributed by atoms with Gasteiger partial charge in [0.15, 0.2) is 0 Å². The molecule has 1 aliphatic heterocycles. The molecule has 1 saturated heterocycles. The highest BCUT2D eigenvalue weighted by Gasteiger charge is 2.35. The average Bonchev–Trinajstić information content (AvgIpc) is 2.64. The van der Waals surface area contributed by atoms with Crippen molar-refractivity contribution in [3.05, 3.63) is 35.7 Å². The van der Waals surface area contributed by atoms with Crippen LogP contribution < -0.4 is 0 Å². The van der Waals surface area contributed by atoms with E-state index in [1.54, 1.807) is 6.20 Å². The van der Waals surface area contributed by atoms with Crippen LogP contribution in [-0.2, 0) is 4.74 Å². The summed E-state index contributed by atoms with van der Waals surface area (Å²) in [7, 11) is 0. The smallest absolute Gasteiger partial charge is 0.410 e. The van der Waals surface area contributed by atoms with Crippen LogP contribution in [0.15, 0.2) is 40.7 Å². The molecule has 0 aromatic carbocycles. The Labute approximate surface area is 184 Å². The number of carbonyl (C=O) groups excluding carboxylic acids is 1. The number of hydrogen-bond donors (Lipinski definition) is 0. The van der Waals surface area contributed by atoms with Crippen LogP contribution in [0.2, 0.25) is 0 Å². The second-order valence-corrected chi connectivity index (χ2v) is 9.39. The Hall–Kier alpha value is -2.04. The maximum absolute atomic E-state index is 12.7. The number of amides is 1. The molecule has 0 bridgehead atoms. The average molecular weight is 418 g/mol. The van der Waals surface area contributed by atoms with Crippen molar-refractivity contribution in [2.75, 3.05) is 13.1 Å². The van der Waals surface area contributed by atoms with Gasteiger partial charge in [-0.3, -0.25) is 4.99 Å². The zero-order chi connectivity index (χ0) is 23.2. The van der Waals surface area contributed by atoms with Gasteiger partial charge in [0.05, 0.1) is 0 Å². The van der Waals surface area contributed by atoms with E-state index in [1.165, 1.54) is 16.8 Å². The van der Waals surface area contributed by atoms with E-state index in [2.05, 4.69) is 71.0 Å². The first-order valence-electron chi connectivity index (χ1n) is 11.2. The molecule has 170 valence electrons. The molecule has 0 aromatic rings. The van der Waals surface area contributed by atoms with Crippen LogP contribution in [0.4, 0.5) is 4.79 Å². The molecule has 3 atom stereocenters. The van der Waals surface area contributed by atoms with Gasteiger partial charge in [-0.15, -0.1) is 0 Å². The highest BCUT2D eigenvalue weighted by molar-refractivity contribution is 6.03. The maximum Gasteiger partial charge on any atom is 0.410 e. The first-order valence-corrected chi connectivity index (χ1v) is 11.2. The van der Waals surface area contributed by atoms with E-state index in [1.807, 2.05) is 25.7 Å². The maximum atomic E-state index is 12.7. The summed E-state index contributed by atoms with van der Waals surface area (Å²) in [6.45, 7) is 26.0. The minimum Gasteiger partial charge on any atom is -0.444 e. The summed E-state index contributed by atoms with van der Waals surface area (Å²) in [5.41, 5.74) is 4.19. The fraction of sp³-hybridized carbons (Fsp3) is 0.680. The van der Waals surface area contributed by atoms with Crippen LogP contribution in [0.25, 0.3) is 0 Å². The monoisotopic (exact) mass is 417 g/mol. The third-order valence-electron chi connectivity index (χ3n) is 5.80. The lowest BCUT2D eigenvalue weighted by molar-refractivity contribution is -0.00419. The fourth-order valence-electron chi connectivity index (χ4n) is 4.09. The number of carbonyl (C=O) groups is 1. The van der Waals surface area contributed by atoms with E-state index in [-0.39, 0.29) is 18.2 Å². The second kappa shape index (κ2) is 10.8. The third-order valence-corrected chi connectivity index (χ3v) is 5.80. The van der Waals surface area contributed by atoms with Gasteiger partial charge in [-0.05, 0) is 73.3 Å². The summed E-state index contributed by atoms with van der Waals surface area (Å²) in [6, 6.07) is 0.233. The SMILES string of the molecule is C=C\N=C(C)/C(C(=C\C)/C(C)CC)=C(\C)N1CC(C)N(C(=O)OC(C)(C)C)C[C@@H]1C. The number of aliphatic imine (C=N–C) groups is 1. The van der Waals surface area contributed by atoms with Crippen molar-refractivity contribution in [1.29, 1.82) is 0 Å². The van der Waals surface area contributed by atoms with E-state index in [0.29, 0.717) is 12.5 Å². The van der Waals surface area contributed by atoms with Gasteiger partial charge in [-0.2, -0.15) is 0 Å². The number of ether oxygens (including phenoxy) is 1. The van der Waals surface area contributed by atoms with Gasteiger partial charge < -0.3 is 14.5 Å². The van der Waals surface area contributed by atoms with Gasteiger partial charge in [0.1, 0.15) is 5.60 Å². The van der Waals surface area contributed by atoms with Crippen molar-refractivity contribution < 1.29 is 9.53 Å². The van der Waals surface area contributed by atoms with Crippen molar-refractivity contribution in [3.8, 4) is 0 Å². The molecule has 1 aliphatic rings. The number of rotatable bonds is 6. The van der Waals surface area contributed by atoms with Gasteiger partial charge in [0.25, 0.3) is 0 Å². The van der Waals surface area contributed by atoms with Gasteiger partial charge >= 0.3 is 6.09 Å². The van der Waals surface area contributed by atoms with Gasteiger partial charge in [0, 0.05) is 48.4 Å². The number of piperazine rings is 1. The Morgan fingerprint density at radius 3 is 2.20 bits per heavy atom. The Bertz CT molecular complexity index is 712. The van der Waals surface area contributed by atoms with Gasteiger partial charge in [0.2, 0.25) is 0 Å². The first kappa shape index (κ1) is 26.0. The van der Waals surface area contributed by atoms with Gasteiger partial charge in [-0.1, -0.05) is 26.5 Å². The molecule has 0 aliphatic carbocycles. The molecule has 1 rings (SSSR count). The van der Waals surface area contributed by atoms with Crippen molar-refractivity contribution in [2.45, 2.75) is 93.3 Å². The number of hydrogen-bond acceptors (Lipinski definition) is 4. The van der Waals surface area contributed by atoms with Crippen molar-refractivity contribution in [3.63, 3.8) is 0 Å². The van der Waals surface area contributed by atoms with Crippen LogP contribution in [0.3, 0.4) is 0 Å². The minimum atomic E-state index is -0.491. The summed E-state index contributed by atoms with van der Waals surface area (Å²) in [4.78, 5) is 21.5. The predicted octanol–water partition coefficient (Wildman–Crippen LogP) is 6.19. The number of nitrogens with zero attached hydrogens (tertiary/aromatic N) is 3. The summed E-state index contributed by atoms with van der Waals surface area (Å²) < 4.78 is 5.63. The van der Waals surface area contributed by atoms with E-state index < -0.39 is 5.60 Å². The number of allylic oxidation sites excluding steroid dienone is 4. The molecular formula is C25H43N3O2. The van der Waals surface area contributed by atoms with Crippen molar-refractivity contribution in [2.24, 2.45) is 10.9 Å². The van der Waals surface area contributed by atoms with E-state index in [0.717, 1.165) is 18.7 Å². The van der Waals surface area contributed by atoms with Crippen LogP contribution in [0, 0.1) is 5.92 Å². The van der Waals surface area contributed by atoms with Crippen molar-refractivity contribution >= 4 is 11.8 Å². The van der Waals surface area contributed by atoms with E-state index in [9.17, 15) is 4.79 Å². The second-order valence-electron chi connectivity index (χ2n) is 9.39. The normalized spacial score (nSPS) is 23.1. The highest BCUT2D eigenvalue weighted by Crippen LogP contribution is 2.31. The largest absolute Gasteiger partial charge is 0.444 e. The van der Waals surface area contributed by atoms with Gasteiger partial charge in [-0.25, -0.2) is 4.79 Å². The molecule has 1 fully saturated rings. The standard InChI is InChI=1S/C25H43N3O2/c1-12-17(4)22(13-2)23(20(7)26-14-3)21(8)27-15-19(6)28(16-18(27)5)24(29)30-25(9,10)11/h13-14,17-19H,3,12,15-16H2,1-2,4-11H3/b22-13-,23-21-,26-20-/t17?,18-,19?/m0/s1. The zero-order valence-corrected chi connectivity index (χ0v) is 20.9. The Kier molecular flexibility index (Phi) is 9.38. The molecule has 0 saturated carbocycles. The molecule has 1 amide bonds. The molecule has 0 radical (unpaired) electrons. The molecular weight excluding hydrogens is 374 g/mol. The molecule has 5 nitrogen and oxygen atoms in total. The molecule has 0 aromatic heterocycles. The van der Waals surface area contributed by atoms with E-state index in [4.69, 9.17) is 4.74 Å². The van der Waals surface area contributed by atoms with E-state index >= 15 is 0 Å². The lowest BCUT2D eigenvalue weighted by Gasteiger charge is -2.46. The van der Waals surface area contributed by atoms with Crippen LogP contribution >= 0.6 is 0 Å². The summed E-state index contributed by atoms with van der Waals surface area (Å²) in [6.07, 6.45) is 4.65. The summed E-state index contributed by atoms with van der Waals surface area (Å²) in [5.74, 6) is 0.436. The fourth-order valence-corrected chi connectivity index (χ4v) is 4.09. The third kappa shape index (κ3) is 6.48. The first-order chi connectivity index (χ1) is 13.9. The lowest BCUT2D eigenvalue weighted by Crippen LogP contribution is -2.58. The Morgan fingerprint density at radius 1 is 1.20 bits per heavy atom. The predicted molar refractivity (Wildman–Crippen MR) is 128 cm³/mol. The Balaban J connectivity index is 3.32. The molecule has 5 heteroatoms. The van der Waals surface area contributed by atoms with Crippen LogP contribution in [-0.4, -0.2) is 52.4 Å². The molecule has 0 spiro atoms. The highest BCUT2D eigenvalue weighted by atomic mass is 16.6. The zero-order valence-electron chi connectivity index (χ0n) is 20.9. The minimum absolute atomic E-state index is 0.0570. The lowest BCUT2D eigenvalue weighted by atomic mass is 9.87. The Morgan fingerprint density at radius 2 is 1.73 bits per heavy atom. The van der Waals surface area contributed by atoms with Crippen LogP contribution in [0.1, 0.15) is 75.7 Å². The molecule has 2 unspecified atom stereocenters. The summed E-state index contributed by atoms with van der Waals surface area (Å²) in [5, 5.41) is 0.